The van der Waals surface area contributed by atoms with Gasteiger partial charge in [0.25, 0.3) is 0 Å². The van der Waals surface area contributed by atoms with E-state index in [0.717, 1.165) is 37.6 Å². The van der Waals surface area contributed by atoms with E-state index in [1.54, 1.807) is 42.6 Å². The first-order valence-corrected chi connectivity index (χ1v) is 8.22. The van der Waals surface area contributed by atoms with E-state index in [0.29, 0.717) is 17.7 Å². The van der Waals surface area contributed by atoms with E-state index in [2.05, 4.69) is 26.9 Å². The van der Waals surface area contributed by atoms with Crippen LogP contribution in [0.3, 0.4) is 0 Å². The van der Waals surface area contributed by atoms with Gasteiger partial charge in [-0.2, -0.15) is 10.5 Å². The van der Waals surface area contributed by atoms with Gasteiger partial charge in [-0.1, -0.05) is 12.1 Å². The number of aliphatic hydroxyl groups excluding tert-OH is 1. The smallest absolute Gasteiger partial charge is 0.146 e. The molecule has 6 heteroatoms. The van der Waals surface area contributed by atoms with Crippen LogP contribution in [0.1, 0.15) is 22.8 Å². The normalized spacial score (nSPS) is 16.0. The fraction of sp³-hybridized carbons (Fsp3) is 0.316. The molecule has 3 rings (SSSR count). The molecule has 1 fully saturated rings. The van der Waals surface area contributed by atoms with Crippen molar-refractivity contribution in [2.45, 2.75) is 6.10 Å². The minimum absolute atomic E-state index is 0.549. The fourth-order valence-electron chi connectivity index (χ4n) is 3.01. The number of aromatic nitrogens is 1. The van der Waals surface area contributed by atoms with Gasteiger partial charge in [0.05, 0.1) is 23.3 Å². The van der Waals surface area contributed by atoms with Crippen molar-refractivity contribution >= 4 is 5.82 Å². The highest BCUT2D eigenvalue weighted by molar-refractivity contribution is 5.53. The fourth-order valence-corrected chi connectivity index (χ4v) is 3.01. The molecule has 2 heterocycles. The monoisotopic (exact) mass is 333 g/mol. The zero-order valence-corrected chi connectivity index (χ0v) is 13.8. The average Bonchev–Trinajstić information content (AvgIpc) is 2.68. The van der Waals surface area contributed by atoms with Crippen molar-refractivity contribution in [1.29, 1.82) is 10.5 Å². The Morgan fingerprint density at radius 3 is 2.40 bits per heavy atom. The number of anilines is 1. The molecule has 1 aliphatic heterocycles. The molecule has 126 valence electrons. The third-order valence-electron chi connectivity index (χ3n) is 4.43. The van der Waals surface area contributed by atoms with Gasteiger partial charge in [-0.25, -0.2) is 4.98 Å². The van der Waals surface area contributed by atoms with Crippen molar-refractivity contribution in [3.8, 4) is 12.1 Å². The molecular weight excluding hydrogens is 314 g/mol. The van der Waals surface area contributed by atoms with Crippen molar-refractivity contribution in [3.05, 3.63) is 59.3 Å². The van der Waals surface area contributed by atoms with E-state index in [9.17, 15) is 10.4 Å². The molecule has 1 aliphatic rings. The van der Waals surface area contributed by atoms with Gasteiger partial charge in [0.15, 0.2) is 0 Å². The molecule has 0 saturated carbocycles. The summed E-state index contributed by atoms with van der Waals surface area (Å²) < 4.78 is 0. The topological polar surface area (TPSA) is 87.2 Å². The van der Waals surface area contributed by atoms with Crippen LogP contribution in [-0.4, -0.2) is 47.7 Å². The van der Waals surface area contributed by atoms with E-state index in [4.69, 9.17) is 5.26 Å². The Morgan fingerprint density at radius 1 is 1.04 bits per heavy atom. The van der Waals surface area contributed by atoms with Crippen molar-refractivity contribution < 1.29 is 5.11 Å². The van der Waals surface area contributed by atoms with Gasteiger partial charge in [0.1, 0.15) is 11.9 Å². The molecule has 1 N–H and O–H groups in total. The van der Waals surface area contributed by atoms with Crippen LogP contribution in [0.5, 0.6) is 0 Å². The van der Waals surface area contributed by atoms with Crippen LogP contribution >= 0.6 is 0 Å². The molecule has 6 nitrogen and oxygen atoms in total. The maximum atomic E-state index is 10.4. The molecule has 1 atom stereocenters. The Morgan fingerprint density at radius 2 is 1.76 bits per heavy atom. The third kappa shape index (κ3) is 3.95. The minimum Gasteiger partial charge on any atom is -0.387 e. The lowest BCUT2D eigenvalue weighted by Crippen LogP contribution is -2.48. The first kappa shape index (κ1) is 16.9. The van der Waals surface area contributed by atoms with Gasteiger partial charge in [0.2, 0.25) is 0 Å². The molecule has 0 bridgehead atoms. The van der Waals surface area contributed by atoms with Crippen LogP contribution in [0, 0.1) is 22.7 Å². The summed E-state index contributed by atoms with van der Waals surface area (Å²) in [5.41, 5.74) is 2.00. The largest absolute Gasteiger partial charge is 0.387 e. The predicted octanol–water partition coefficient (Wildman–Crippen LogP) is 1.68. The molecule has 0 aliphatic carbocycles. The maximum Gasteiger partial charge on any atom is 0.146 e. The van der Waals surface area contributed by atoms with Crippen LogP contribution in [0.25, 0.3) is 0 Å². The molecule has 0 spiro atoms. The lowest BCUT2D eigenvalue weighted by Gasteiger charge is -2.36. The molecule has 1 aromatic carbocycles. The number of pyridine rings is 1. The van der Waals surface area contributed by atoms with Crippen molar-refractivity contribution in [1.82, 2.24) is 9.88 Å². The van der Waals surface area contributed by atoms with Crippen molar-refractivity contribution in [2.75, 3.05) is 37.6 Å². The Hall–Kier alpha value is -2.93. The number of piperazine rings is 1. The van der Waals surface area contributed by atoms with Gasteiger partial charge < -0.3 is 10.0 Å². The van der Waals surface area contributed by atoms with Crippen LogP contribution < -0.4 is 4.90 Å². The van der Waals surface area contributed by atoms with Crippen molar-refractivity contribution in [2.24, 2.45) is 0 Å². The van der Waals surface area contributed by atoms with Crippen LogP contribution in [-0.2, 0) is 0 Å². The Labute approximate surface area is 147 Å². The van der Waals surface area contributed by atoms with E-state index in [1.807, 2.05) is 0 Å². The van der Waals surface area contributed by atoms with E-state index >= 15 is 0 Å². The highest BCUT2D eigenvalue weighted by Gasteiger charge is 2.22. The number of benzene rings is 1. The Bertz CT molecular complexity index is 798. The SMILES string of the molecule is N#Cc1ccc(C(O)CN2CCN(c3ncccc3C#N)CC2)cc1. The van der Waals surface area contributed by atoms with E-state index in [-0.39, 0.29) is 0 Å². The van der Waals surface area contributed by atoms with E-state index < -0.39 is 6.10 Å². The molecule has 2 aromatic rings. The quantitative estimate of drug-likeness (QED) is 0.916. The third-order valence-corrected chi connectivity index (χ3v) is 4.43. The summed E-state index contributed by atoms with van der Waals surface area (Å²) in [5.74, 6) is 0.734. The van der Waals surface area contributed by atoms with Gasteiger partial charge in [-0.15, -0.1) is 0 Å². The molecule has 0 radical (unpaired) electrons. The molecule has 0 amide bonds. The van der Waals surface area contributed by atoms with Crippen molar-refractivity contribution in [3.63, 3.8) is 0 Å². The first-order valence-electron chi connectivity index (χ1n) is 8.22. The predicted molar refractivity (Wildman–Crippen MR) is 93.7 cm³/mol. The maximum absolute atomic E-state index is 10.4. The number of aliphatic hydroxyl groups is 1. The number of nitrogens with zero attached hydrogens (tertiary/aromatic N) is 5. The lowest BCUT2D eigenvalue weighted by atomic mass is 10.1. The Kier molecular flexibility index (Phi) is 5.25. The zero-order valence-electron chi connectivity index (χ0n) is 13.8. The summed E-state index contributed by atoms with van der Waals surface area (Å²) >= 11 is 0. The molecule has 1 aromatic heterocycles. The number of nitriles is 2. The summed E-state index contributed by atoms with van der Waals surface area (Å²) in [6.07, 6.45) is 1.13. The second-order valence-corrected chi connectivity index (χ2v) is 6.02. The molecule has 1 unspecified atom stereocenters. The van der Waals surface area contributed by atoms with E-state index in [1.165, 1.54) is 0 Å². The summed E-state index contributed by atoms with van der Waals surface area (Å²) in [7, 11) is 0. The Balaban J connectivity index is 1.57. The zero-order chi connectivity index (χ0) is 17.6. The summed E-state index contributed by atoms with van der Waals surface area (Å²) in [6, 6.07) is 14.9. The second kappa shape index (κ2) is 7.76. The molecular formula is C19H19N5O. The van der Waals surface area contributed by atoms with Crippen LogP contribution in [0.15, 0.2) is 42.6 Å². The van der Waals surface area contributed by atoms with Crippen LogP contribution in [0.4, 0.5) is 5.82 Å². The number of β-amino-alcohol motifs (C(OH)–C–C–N with tert-alkyl or cyclic N) is 1. The molecule has 1 saturated heterocycles. The number of rotatable bonds is 4. The summed E-state index contributed by atoms with van der Waals surface area (Å²) in [4.78, 5) is 8.65. The van der Waals surface area contributed by atoms with Gasteiger partial charge in [0, 0.05) is 38.9 Å². The first-order chi connectivity index (χ1) is 12.2. The minimum atomic E-state index is -0.580. The average molecular weight is 333 g/mol. The number of hydrogen-bond donors (Lipinski definition) is 1. The molecule has 25 heavy (non-hydrogen) atoms. The van der Waals surface area contributed by atoms with Crippen LogP contribution in [0.2, 0.25) is 0 Å². The van der Waals surface area contributed by atoms with Gasteiger partial charge in [-0.05, 0) is 29.8 Å². The lowest BCUT2D eigenvalue weighted by molar-refractivity contribution is 0.109. The highest BCUT2D eigenvalue weighted by atomic mass is 16.3. The highest BCUT2D eigenvalue weighted by Crippen LogP contribution is 2.20. The standard InChI is InChI=1S/C19H19N5O/c20-12-15-3-5-16(6-4-15)18(25)14-23-8-10-24(11-9-23)19-17(13-21)2-1-7-22-19/h1-7,18,25H,8-11,14H2. The van der Waals surface area contributed by atoms with Gasteiger partial charge >= 0.3 is 0 Å². The second-order valence-electron chi connectivity index (χ2n) is 6.02. The summed E-state index contributed by atoms with van der Waals surface area (Å²) in [6.45, 7) is 3.69. The number of hydrogen-bond acceptors (Lipinski definition) is 6. The van der Waals surface area contributed by atoms with Gasteiger partial charge in [-0.3, -0.25) is 4.90 Å². The summed E-state index contributed by atoms with van der Waals surface area (Å²) in [5, 5.41) is 28.4.